The average molecular weight is 483 g/mol. The highest BCUT2D eigenvalue weighted by Crippen LogP contribution is 2.25. The number of aromatic nitrogens is 2. The predicted molar refractivity (Wildman–Crippen MR) is 132 cm³/mol. The first-order valence-corrected chi connectivity index (χ1v) is 11.8. The smallest absolute Gasteiger partial charge is 0.272 e. The van der Waals surface area contributed by atoms with E-state index in [-0.39, 0.29) is 12.0 Å². The van der Waals surface area contributed by atoms with Crippen molar-refractivity contribution in [2.45, 2.75) is 19.6 Å². The molecule has 2 heterocycles. The highest BCUT2D eigenvalue weighted by atomic mass is 35.5. The number of halogens is 1. The van der Waals surface area contributed by atoms with Gasteiger partial charge in [-0.15, -0.1) is 0 Å². The Morgan fingerprint density at radius 2 is 1.85 bits per heavy atom. The SMILES string of the molecule is COc1cccc(C(CN2CCN(C(=O)c3cc(C)nn3C)CC2)OCc2cccc(Cl)c2)c1. The van der Waals surface area contributed by atoms with Crippen molar-refractivity contribution in [1.29, 1.82) is 0 Å². The fourth-order valence-electron chi connectivity index (χ4n) is 4.26. The molecule has 1 aromatic heterocycles. The Labute approximate surface area is 205 Å². The van der Waals surface area contributed by atoms with Crippen LogP contribution >= 0.6 is 11.6 Å². The zero-order valence-corrected chi connectivity index (χ0v) is 20.7. The molecule has 1 saturated heterocycles. The number of rotatable bonds is 8. The Kier molecular flexibility index (Phi) is 7.88. The van der Waals surface area contributed by atoms with Crippen LogP contribution in [0.1, 0.15) is 33.4 Å². The molecule has 1 atom stereocenters. The minimum absolute atomic E-state index is 0.0318. The molecule has 2 aromatic carbocycles. The van der Waals surface area contributed by atoms with Gasteiger partial charge in [0.15, 0.2) is 0 Å². The lowest BCUT2D eigenvalue weighted by atomic mass is 10.1. The van der Waals surface area contributed by atoms with Gasteiger partial charge in [0, 0.05) is 44.8 Å². The van der Waals surface area contributed by atoms with Crippen LogP contribution in [0.15, 0.2) is 54.6 Å². The fourth-order valence-corrected chi connectivity index (χ4v) is 4.47. The molecule has 7 nitrogen and oxygen atoms in total. The molecule has 0 radical (unpaired) electrons. The molecule has 8 heteroatoms. The van der Waals surface area contributed by atoms with Gasteiger partial charge in [-0.1, -0.05) is 35.9 Å². The van der Waals surface area contributed by atoms with Crippen molar-refractivity contribution in [1.82, 2.24) is 19.6 Å². The van der Waals surface area contributed by atoms with E-state index in [1.165, 1.54) is 0 Å². The third-order valence-corrected chi connectivity index (χ3v) is 6.35. The van der Waals surface area contributed by atoms with E-state index in [0.717, 1.165) is 42.2 Å². The first kappa shape index (κ1) is 24.3. The largest absolute Gasteiger partial charge is 0.497 e. The van der Waals surface area contributed by atoms with Crippen molar-refractivity contribution in [2.75, 3.05) is 39.8 Å². The summed E-state index contributed by atoms with van der Waals surface area (Å²) in [6.07, 6.45) is -0.143. The molecule has 3 aromatic rings. The van der Waals surface area contributed by atoms with Crippen LogP contribution in [0.2, 0.25) is 5.02 Å². The highest BCUT2D eigenvalue weighted by Gasteiger charge is 2.26. The number of carbonyl (C=O) groups is 1. The number of ether oxygens (including phenoxy) is 2. The standard InChI is InChI=1S/C26H31ClN4O3/c1-19-14-24(29(2)28-19)26(32)31-12-10-30(11-13-31)17-25(21-7-5-9-23(16-21)33-3)34-18-20-6-4-8-22(27)15-20/h4-9,14-16,25H,10-13,17-18H2,1-3H3. The van der Waals surface area contributed by atoms with Gasteiger partial charge in [-0.2, -0.15) is 5.10 Å². The zero-order valence-electron chi connectivity index (χ0n) is 19.9. The second-order valence-electron chi connectivity index (χ2n) is 8.59. The van der Waals surface area contributed by atoms with Gasteiger partial charge >= 0.3 is 0 Å². The Morgan fingerprint density at radius 1 is 1.09 bits per heavy atom. The summed E-state index contributed by atoms with van der Waals surface area (Å²) in [5.74, 6) is 0.833. The molecule has 0 spiro atoms. The van der Waals surface area contributed by atoms with Crippen LogP contribution < -0.4 is 4.74 Å². The lowest BCUT2D eigenvalue weighted by Gasteiger charge is -2.36. The molecular weight excluding hydrogens is 452 g/mol. The molecule has 1 aliphatic heterocycles. The number of benzene rings is 2. The summed E-state index contributed by atoms with van der Waals surface area (Å²) in [7, 11) is 3.48. The first-order chi connectivity index (χ1) is 16.4. The van der Waals surface area contributed by atoms with Gasteiger partial charge in [0.1, 0.15) is 11.4 Å². The molecular formula is C26H31ClN4O3. The molecule has 1 unspecified atom stereocenters. The second-order valence-corrected chi connectivity index (χ2v) is 9.03. The summed E-state index contributed by atoms with van der Waals surface area (Å²) in [4.78, 5) is 17.2. The van der Waals surface area contributed by atoms with Gasteiger partial charge in [-0.25, -0.2) is 0 Å². The van der Waals surface area contributed by atoms with Gasteiger partial charge < -0.3 is 14.4 Å². The van der Waals surface area contributed by atoms with E-state index in [1.807, 2.05) is 67.4 Å². The van der Waals surface area contributed by atoms with Crippen LogP contribution in [0.25, 0.3) is 0 Å². The minimum Gasteiger partial charge on any atom is -0.497 e. The average Bonchev–Trinajstić information content (AvgIpc) is 3.19. The monoisotopic (exact) mass is 482 g/mol. The highest BCUT2D eigenvalue weighted by molar-refractivity contribution is 6.30. The maximum atomic E-state index is 12.9. The Hall–Kier alpha value is -2.87. The molecule has 0 saturated carbocycles. The van der Waals surface area contributed by atoms with Gasteiger partial charge in [-0.3, -0.25) is 14.4 Å². The number of amides is 1. The Balaban J connectivity index is 1.41. The van der Waals surface area contributed by atoms with Gasteiger partial charge in [0.05, 0.1) is 25.5 Å². The number of hydrogen-bond donors (Lipinski definition) is 0. The molecule has 1 aliphatic rings. The molecule has 34 heavy (non-hydrogen) atoms. The van der Waals surface area contributed by atoms with Crippen LogP contribution in [0.5, 0.6) is 5.75 Å². The fraction of sp³-hybridized carbons (Fsp3) is 0.385. The number of aryl methyl sites for hydroxylation is 2. The topological polar surface area (TPSA) is 59.8 Å². The van der Waals surface area contributed by atoms with Crippen LogP contribution in [0, 0.1) is 6.92 Å². The number of carbonyl (C=O) groups excluding carboxylic acids is 1. The second kappa shape index (κ2) is 11.0. The molecule has 4 rings (SSSR count). The van der Waals surface area contributed by atoms with E-state index in [0.29, 0.717) is 30.4 Å². The number of nitrogens with zero attached hydrogens (tertiary/aromatic N) is 4. The third-order valence-electron chi connectivity index (χ3n) is 6.11. The summed E-state index contributed by atoms with van der Waals surface area (Å²) in [6.45, 7) is 5.98. The van der Waals surface area contributed by atoms with Crippen molar-refractivity contribution in [3.63, 3.8) is 0 Å². The molecule has 180 valence electrons. The van der Waals surface area contributed by atoms with E-state index in [2.05, 4.69) is 16.1 Å². The number of piperazine rings is 1. The summed E-state index contributed by atoms with van der Waals surface area (Å²) >= 11 is 6.15. The van der Waals surface area contributed by atoms with Gasteiger partial charge in [0.25, 0.3) is 5.91 Å². The number of methoxy groups -OCH3 is 1. The molecule has 1 fully saturated rings. The van der Waals surface area contributed by atoms with Crippen LogP contribution in [0.4, 0.5) is 0 Å². The first-order valence-electron chi connectivity index (χ1n) is 11.4. The molecule has 0 aliphatic carbocycles. The van der Waals surface area contributed by atoms with Crippen LogP contribution in [-0.4, -0.2) is 65.3 Å². The lowest BCUT2D eigenvalue weighted by Crippen LogP contribution is -2.50. The van der Waals surface area contributed by atoms with Crippen molar-refractivity contribution in [3.8, 4) is 5.75 Å². The maximum Gasteiger partial charge on any atom is 0.272 e. The third kappa shape index (κ3) is 5.97. The van der Waals surface area contributed by atoms with E-state index in [4.69, 9.17) is 21.1 Å². The van der Waals surface area contributed by atoms with Crippen LogP contribution in [0.3, 0.4) is 0 Å². The summed E-state index contributed by atoms with van der Waals surface area (Å²) in [5.41, 5.74) is 3.57. The quantitative estimate of drug-likeness (QED) is 0.483. The number of hydrogen-bond acceptors (Lipinski definition) is 5. The van der Waals surface area contributed by atoms with E-state index >= 15 is 0 Å². The summed E-state index contributed by atoms with van der Waals surface area (Å²) < 4.78 is 13.5. The normalized spacial score (nSPS) is 15.4. The van der Waals surface area contributed by atoms with Crippen molar-refractivity contribution in [2.24, 2.45) is 7.05 Å². The predicted octanol–water partition coefficient (Wildman–Crippen LogP) is 4.11. The van der Waals surface area contributed by atoms with E-state index in [1.54, 1.807) is 11.8 Å². The maximum absolute atomic E-state index is 12.9. The van der Waals surface area contributed by atoms with Gasteiger partial charge in [-0.05, 0) is 48.4 Å². The minimum atomic E-state index is -0.143. The van der Waals surface area contributed by atoms with Gasteiger partial charge in [0.2, 0.25) is 0 Å². The Morgan fingerprint density at radius 3 is 2.53 bits per heavy atom. The van der Waals surface area contributed by atoms with Crippen LogP contribution in [-0.2, 0) is 18.4 Å². The van der Waals surface area contributed by atoms with Crippen molar-refractivity contribution in [3.05, 3.63) is 82.1 Å². The van der Waals surface area contributed by atoms with E-state index < -0.39 is 0 Å². The molecule has 0 N–H and O–H groups in total. The lowest BCUT2D eigenvalue weighted by molar-refractivity contribution is 0.00322. The van der Waals surface area contributed by atoms with Crippen molar-refractivity contribution < 1.29 is 14.3 Å². The van der Waals surface area contributed by atoms with E-state index in [9.17, 15) is 4.79 Å². The summed E-state index contributed by atoms with van der Waals surface area (Å²) in [5, 5.41) is 5.00. The Bertz CT molecular complexity index is 1120. The summed E-state index contributed by atoms with van der Waals surface area (Å²) in [6, 6.07) is 17.6. The molecule has 1 amide bonds. The van der Waals surface area contributed by atoms with Crippen molar-refractivity contribution >= 4 is 17.5 Å². The zero-order chi connectivity index (χ0) is 24.1. The molecule has 0 bridgehead atoms.